The van der Waals surface area contributed by atoms with Crippen LogP contribution in [0.4, 0.5) is 0 Å². The minimum Gasteiger partial charge on any atom is -0.465 e. The Kier molecular flexibility index (Phi) is 4.96. The fraction of sp³-hybridized carbons (Fsp3) is 0.250. The van der Waals surface area contributed by atoms with Gasteiger partial charge < -0.3 is 9.47 Å². The second kappa shape index (κ2) is 6.72. The predicted molar refractivity (Wildman–Crippen MR) is 83.9 cm³/mol. The first-order chi connectivity index (χ1) is 10.0. The average Bonchev–Trinajstić information content (AvgIpc) is 2.48. The van der Waals surface area contributed by atoms with Gasteiger partial charge in [-0.1, -0.05) is 29.8 Å². The number of methoxy groups -OCH3 is 1. The Morgan fingerprint density at radius 3 is 2.67 bits per heavy atom. The van der Waals surface area contributed by atoms with Gasteiger partial charge in [-0.05, 0) is 35.7 Å². The Bertz CT molecular complexity index is 656. The molecule has 0 spiro atoms. The van der Waals surface area contributed by atoms with Crippen LogP contribution in [0.3, 0.4) is 0 Å². The monoisotopic (exact) mass is 349 g/mol. The molecule has 0 fully saturated rings. The third kappa shape index (κ3) is 3.82. The Balaban J connectivity index is 2.32. The molecule has 0 bridgehead atoms. The topological polar surface area (TPSA) is 48.4 Å². The molecule has 1 heterocycles. The Hall–Kier alpha value is -1.88. The number of hydrogen-bond acceptors (Lipinski definition) is 4. The molecule has 0 saturated carbocycles. The van der Waals surface area contributed by atoms with E-state index >= 15 is 0 Å². The number of pyridine rings is 1. The van der Waals surface area contributed by atoms with Gasteiger partial charge in [-0.2, -0.15) is 0 Å². The van der Waals surface area contributed by atoms with Crippen LogP contribution < -0.4 is 4.74 Å². The van der Waals surface area contributed by atoms with E-state index in [0.29, 0.717) is 17.4 Å². The zero-order valence-electron chi connectivity index (χ0n) is 12.1. The summed E-state index contributed by atoms with van der Waals surface area (Å²) < 4.78 is 11.5. The molecule has 110 valence electrons. The first kappa shape index (κ1) is 15.5. The normalized spacial score (nSPS) is 10.5. The number of carbonyl (C=O) groups is 1. The predicted octanol–water partition coefficient (Wildman–Crippen LogP) is 4.55. The molecule has 0 aliphatic heterocycles. The minimum absolute atomic E-state index is 0.307. The summed E-state index contributed by atoms with van der Waals surface area (Å²) in [5.41, 5.74) is 1.47. The van der Waals surface area contributed by atoms with Crippen LogP contribution in [0, 0.1) is 0 Å². The van der Waals surface area contributed by atoms with Crippen LogP contribution in [0.5, 0.6) is 11.6 Å². The molecule has 0 unspecified atom stereocenters. The summed E-state index contributed by atoms with van der Waals surface area (Å²) in [4.78, 5) is 15.7. The van der Waals surface area contributed by atoms with E-state index in [4.69, 9.17) is 9.47 Å². The molecule has 0 aliphatic rings. The smallest absolute Gasteiger partial charge is 0.338 e. The third-order valence-corrected chi connectivity index (χ3v) is 3.46. The largest absolute Gasteiger partial charge is 0.465 e. The lowest BCUT2D eigenvalue weighted by molar-refractivity contribution is 0.0600. The van der Waals surface area contributed by atoms with E-state index in [9.17, 15) is 4.79 Å². The van der Waals surface area contributed by atoms with Crippen molar-refractivity contribution in [2.24, 2.45) is 0 Å². The van der Waals surface area contributed by atoms with Crippen molar-refractivity contribution in [2.75, 3.05) is 7.11 Å². The number of aromatic nitrogens is 1. The lowest BCUT2D eigenvalue weighted by atomic mass is 10.0. The Labute approximate surface area is 132 Å². The van der Waals surface area contributed by atoms with Gasteiger partial charge in [-0.3, -0.25) is 0 Å². The molecule has 0 amide bonds. The molecule has 0 N–H and O–H groups in total. The summed E-state index contributed by atoms with van der Waals surface area (Å²) in [6.07, 6.45) is 1.52. The van der Waals surface area contributed by atoms with Crippen LogP contribution in [0.25, 0.3) is 0 Å². The number of carbonyl (C=O) groups excluding carboxylic acids is 1. The standard InChI is InChI=1S/C16H16BrNO3/c1-10(2)13-9-12(17)4-5-14(13)21-15-8-11(6-7-18-15)16(19)20-3/h4-10H,1-3H3. The molecule has 2 aromatic rings. The number of nitrogens with zero attached hydrogens (tertiary/aromatic N) is 1. The Morgan fingerprint density at radius 1 is 1.24 bits per heavy atom. The van der Waals surface area contributed by atoms with E-state index in [2.05, 4.69) is 34.8 Å². The molecule has 21 heavy (non-hydrogen) atoms. The molecular formula is C16H16BrNO3. The zero-order valence-corrected chi connectivity index (χ0v) is 13.7. The Morgan fingerprint density at radius 2 is 2.00 bits per heavy atom. The van der Waals surface area contributed by atoms with Crippen LogP contribution in [-0.2, 0) is 4.74 Å². The van der Waals surface area contributed by atoms with Gasteiger partial charge in [-0.25, -0.2) is 9.78 Å². The number of hydrogen-bond donors (Lipinski definition) is 0. The van der Waals surface area contributed by atoms with Crippen molar-refractivity contribution in [3.05, 3.63) is 52.1 Å². The van der Waals surface area contributed by atoms with Crippen molar-refractivity contribution in [1.29, 1.82) is 0 Å². The van der Waals surface area contributed by atoms with Crippen molar-refractivity contribution in [3.8, 4) is 11.6 Å². The molecular weight excluding hydrogens is 334 g/mol. The lowest BCUT2D eigenvalue weighted by Gasteiger charge is -2.14. The van der Waals surface area contributed by atoms with E-state index in [1.807, 2.05) is 18.2 Å². The summed E-state index contributed by atoms with van der Waals surface area (Å²) in [7, 11) is 1.34. The molecule has 4 nitrogen and oxygen atoms in total. The molecule has 1 aromatic carbocycles. The van der Waals surface area contributed by atoms with Crippen LogP contribution in [0.15, 0.2) is 41.0 Å². The lowest BCUT2D eigenvalue weighted by Crippen LogP contribution is -2.02. The van der Waals surface area contributed by atoms with Gasteiger partial charge in [0.15, 0.2) is 0 Å². The van der Waals surface area contributed by atoms with Crippen molar-refractivity contribution in [3.63, 3.8) is 0 Å². The highest BCUT2D eigenvalue weighted by atomic mass is 79.9. The summed E-state index contributed by atoms with van der Waals surface area (Å²) in [6, 6.07) is 8.96. The number of halogens is 1. The van der Waals surface area contributed by atoms with Gasteiger partial charge in [0, 0.05) is 16.7 Å². The average molecular weight is 350 g/mol. The summed E-state index contributed by atoms with van der Waals surface area (Å²) in [6.45, 7) is 4.18. The first-order valence-electron chi connectivity index (χ1n) is 6.53. The van der Waals surface area contributed by atoms with Gasteiger partial charge in [0.2, 0.25) is 5.88 Å². The molecule has 2 rings (SSSR count). The van der Waals surface area contributed by atoms with Crippen LogP contribution in [0.1, 0.15) is 35.7 Å². The van der Waals surface area contributed by atoms with Gasteiger partial charge >= 0.3 is 5.97 Å². The number of rotatable bonds is 4. The molecule has 0 aliphatic carbocycles. The summed E-state index contributed by atoms with van der Waals surface area (Å²) >= 11 is 3.46. The molecule has 0 saturated heterocycles. The highest BCUT2D eigenvalue weighted by Gasteiger charge is 2.12. The maximum absolute atomic E-state index is 11.5. The summed E-state index contributed by atoms with van der Waals surface area (Å²) in [5.74, 6) is 0.980. The zero-order chi connectivity index (χ0) is 15.4. The van der Waals surface area contributed by atoms with Crippen LogP contribution in [0.2, 0.25) is 0 Å². The van der Waals surface area contributed by atoms with Crippen LogP contribution >= 0.6 is 15.9 Å². The van der Waals surface area contributed by atoms with E-state index in [0.717, 1.165) is 15.8 Å². The van der Waals surface area contributed by atoms with Crippen molar-refractivity contribution in [2.45, 2.75) is 19.8 Å². The van der Waals surface area contributed by atoms with E-state index in [1.165, 1.54) is 13.3 Å². The van der Waals surface area contributed by atoms with E-state index in [1.54, 1.807) is 12.1 Å². The fourth-order valence-corrected chi connectivity index (χ4v) is 2.26. The van der Waals surface area contributed by atoms with Crippen molar-refractivity contribution < 1.29 is 14.3 Å². The molecule has 1 aromatic heterocycles. The molecule has 0 radical (unpaired) electrons. The van der Waals surface area contributed by atoms with Crippen molar-refractivity contribution in [1.82, 2.24) is 4.98 Å². The second-order valence-electron chi connectivity index (χ2n) is 4.81. The third-order valence-electron chi connectivity index (χ3n) is 2.96. The molecule has 0 atom stereocenters. The second-order valence-corrected chi connectivity index (χ2v) is 5.73. The van der Waals surface area contributed by atoms with Gasteiger partial charge in [0.25, 0.3) is 0 Å². The first-order valence-corrected chi connectivity index (χ1v) is 7.32. The van der Waals surface area contributed by atoms with Gasteiger partial charge in [-0.15, -0.1) is 0 Å². The maximum atomic E-state index is 11.5. The number of benzene rings is 1. The van der Waals surface area contributed by atoms with E-state index < -0.39 is 5.97 Å². The van der Waals surface area contributed by atoms with E-state index in [-0.39, 0.29) is 0 Å². The highest BCUT2D eigenvalue weighted by molar-refractivity contribution is 9.10. The SMILES string of the molecule is COC(=O)c1ccnc(Oc2ccc(Br)cc2C(C)C)c1. The highest BCUT2D eigenvalue weighted by Crippen LogP contribution is 2.32. The number of esters is 1. The van der Waals surface area contributed by atoms with Gasteiger partial charge in [0.05, 0.1) is 12.7 Å². The number of ether oxygens (including phenoxy) is 2. The van der Waals surface area contributed by atoms with Crippen molar-refractivity contribution >= 4 is 21.9 Å². The minimum atomic E-state index is -0.415. The maximum Gasteiger partial charge on any atom is 0.338 e. The quantitative estimate of drug-likeness (QED) is 0.760. The molecule has 5 heteroatoms. The summed E-state index contributed by atoms with van der Waals surface area (Å²) in [5, 5.41) is 0. The fourth-order valence-electron chi connectivity index (χ4n) is 1.89. The van der Waals surface area contributed by atoms with Crippen LogP contribution in [-0.4, -0.2) is 18.1 Å². The van der Waals surface area contributed by atoms with Gasteiger partial charge in [0.1, 0.15) is 5.75 Å².